The highest BCUT2D eigenvalue weighted by molar-refractivity contribution is 6.18. The van der Waals surface area contributed by atoms with Crippen LogP contribution in [0.5, 0.6) is 5.75 Å². The van der Waals surface area contributed by atoms with E-state index in [-0.39, 0.29) is 17.3 Å². The van der Waals surface area contributed by atoms with Crippen molar-refractivity contribution in [2.24, 2.45) is 0 Å². The van der Waals surface area contributed by atoms with Crippen LogP contribution < -0.4 is 15.4 Å². The molecule has 0 aliphatic rings. The van der Waals surface area contributed by atoms with Gasteiger partial charge in [0.1, 0.15) is 5.75 Å². The number of ether oxygens (including phenoxy) is 1. The Kier molecular flexibility index (Phi) is 5.19. The molecular weight excluding hydrogens is 262 g/mol. The maximum absolute atomic E-state index is 11.4. The van der Waals surface area contributed by atoms with Crippen LogP contribution in [0.1, 0.15) is 0 Å². The van der Waals surface area contributed by atoms with Crippen molar-refractivity contribution in [2.45, 2.75) is 0 Å². The first-order valence-electron chi connectivity index (χ1n) is 5.01. The Hall–Kier alpha value is -2.02. The topological polar surface area (TPSA) is 93.5 Å². The average Bonchev–Trinajstić information content (AvgIpc) is 2.36. The molecule has 0 saturated carbocycles. The third-order valence-corrected chi connectivity index (χ3v) is 2.21. The Morgan fingerprint density at radius 2 is 2.28 bits per heavy atom. The van der Waals surface area contributed by atoms with E-state index in [1.807, 2.05) is 0 Å². The minimum atomic E-state index is -0.554. The largest absolute Gasteiger partial charge is 0.495 e. The Bertz CT molecular complexity index is 453. The van der Waals surface area contributed by atoms with Gasteiger partial charge in [-0.2, -0.15) is 0 Å². The normalized spacial score (nSPS) is 9.67. The molecule has 2 N–H and O–H groups in total. The fourth-order valence-corrected chi connectivity index (χ4v) is 1.33. The number of anilines is 1. The van der Waals surface area contributed by atoms with Crippen LogP contribution in [-0.4, -0.2) is 30.5 Å². The van der Waals surface area contributed by atoms with Crippen molar-refractivity contribution in [3.8, 4) is 5.75 Å². The molecule has 0 saturated heterocycles. The van der Waals surface area contributed by atoms with Gasteiger partial charge in [0.05, 0.1) is 17.7 Å². The summed E-state index contributed by atoms with van der Waals surface area (Å²) in [6, 6.07) is 3.42. The molecule has 7 nitrogen and oxygen atoms in total. The molecule has 0 fully saturated rings. The average molecular weight is 274 g/mol. The van der Waals surface area contributed by atoms with E-state index < -0.39 is 11.0 Å². The van der Waals surface area contributed by atoms with Crippen LogP contribution in [0.25, 0.3) is 0 Å². The zero-order valence-electron chi connectivity index (χ0n) is 9.60. The third kappa shape index (κ3) is 3.77. The van der Waals surface area contributed by atoms with E-state index in [2.05, 4.69) is 10.6 Å². The molecule has 0 heterocycles. The number of rotatable bonds is 5. The first-order chi connectivity index (χ1) is 8.58. The van der Waals surface area contributed by atoms with E-state index in [0.29, 0.717) is 12.3 Å². The number of hydrogen-bond acceptors (Lipinski definition) is 4. The number of methoxy groups -OCH3 is 1. The monoisotopic (exact) mass is 273 g/mol. The van der Waals surface area contributed by atoms with Crippen molar-refractivity contribution >= 4 is 29.0 Å². The number of nitro groups is 1. The maximum Gasteiger partial charge on any atom is 0.319 e. The zero-order chi connectivity index (χ0) is 13.5. The second kappa shape index (κ2) is 6.65. The summed E-state index contributed by atoms with van der Waals surface area (Å²) in [5, 5.41) is 15.6. The molecule has 98 valence electrons. The van der Waals surface area contributed by atoms with Gasteiger partial charge in [-0.15, -0.1) is 11.6 Å². The highest BCUT2D eigenvalue weighted by atomic mass is 35.5. The Balaban J connectivity index is 2.87. The van der Waals surface area contributed by atoms with E-state index in [1.165, 1.54) is 25.3 Å². The summed E-state index contributed by atoms with van der Waals surface area (Å²) in [7, 11) is 1.41. The number of nitrogens with one attached hydrogen (secondary N) is 2. The lowest BCUT2D eigenvalue weighted by molar-refractivity contribution is -0.384. The van der Waals surface area contributed by atoms with E-state index >= 15 is 0 Å². The summed E-state index contributed by atoms with van der Waals surface area (Å²) in [6.45, 7) is 0.296. The number of non-ortho nitro benzene ring substituents is 1. The van der Waals surface area contributed by atoms with Gasteiger partial charge in [0.25, 0.3) is 5.69 Å². The number of hydrogen-bond donors (Lipinski definition) is 2. The van der Waals surface area contributed by atoms with Gasteiger partial charge in [-0.25, -0.2) is 4.79 Å². The molecular formula is C10H12ClN3O4. The number of halogens is 1. The second-order valence-corrected chi connectivity index (χ2v) is 3.59. The quantitative estimate of drug-likeness (QED) is 0.487. The van der Waals surface area contributed by atoms with Gasteiger partial charge >= 0.3 is 6.03 Å². The molecule has 18 heavy (non-hydrogen) atoms. The number of urea groups is 1. The first kappa shape index (κ1) is 14.0. The fraction of sp³-hybridized carbons (Fsp3) is 0.300. The predicted octanol–water partition coefficient (Wildman–Crippen LogP) is 1.96. The summed E-state index contributed by atoms with van der Waals surface area (Å²) in [5.41, 5.74) is 0.0854. The van der Waals surface area contributed by atoms with Gasteiger partial charge in [-0.05, 0) is 6.07 Å². The Morgan fingerprint density at radius 3 is 2.83 bits per heavy atom. The molecule has 1 aromatic rings. The summed E-state index contributed by atoms with van der Waals surface area (Å²) >= 11 is 5.42. The molecule has 0 aromatic heterocycles. The smallest absolute Gasteiger partial charge is 0.319 e. The molecule has 0 aliphatic heterocycles. The van der Waals surface area contributed by atoms with Gasteiger partial charge in [0.15, 0.2) is 0 Å². The SMILES string of the molecule is COc1ccc([N+](=O)[O-])cc1NC(=O)NCCCl. The number of carbonyl (C=O) groups is 1. The van der Waals surface area contributed by atoms with Crippen molar-refractivity contribution in [1.29, 1.82) is 0 Å². The summed E-state index contributed by atoms with van der Waals surface area (Å²) in [6.07, 6.45) is 0. The first-order valence-corrected chi connectivity index (χ1v) is 5.55. The van der Waals surface area contributed by atoms with Gasteiger partial charge < -0.3 is 15.4 Å². The lowest BCUT2D eigenvalue weighted by Crippen LogP contribution is -2.30. The number of carbonyl (C=O) groups excluding carboxylic acids is 1. The molecule has 0 bridgehead atoms. The van der Waals surface area contributed by atoms with Gasteiger partial charge in [-0.1, -0.05) is 0 Å². The highest BCUT2D eigenvalue weighted by Crippen LogP contribution is 2.28. The predicted molar refractivity (Wildman–Crippen MR) is 67.4 cm³/mol. The van der Waals surface area contributed by atoms with Crippen molar-refractivity contribution in [2.75, 3.05) is 24.9 Å². The second-order valence-electron chi connectivity index (χ2n) is 3.21. The van der Waals surface area contributed by atoms with Crippen LogP contribution >= 0.6 is 11.6 Å². The van der Waals surface area contributed by atoms with Crippen LogP contribution in [0.15, 0.2) is 18.2 Å². The highest BCUT2D eigenvalue weighted by Gasteiger charge is 2.13. The molecule has 0 radical (unpaired) electrons. The maximum atomic E-state index is 11.4. The van der Waals surface area contributed by atoms with Crippen molar-refractivity contribution < 1.29 is 14.5 Å². The van der Waals surface area contributed by atoms with Crippen molar-refractivity contribution in [3.05, 3.63) is 28.3 Å². The van der Waals surface area contributed by atoms with Gasteiger partial charge in [-0.3, -0.25) is 10.1 Å². The molecule has 0 atom stereocenters. The van der Waals surface area contributed by atoms with E-state index in [0.717, 1.165) is 0 Å². The van der Waals surface area contributed by atoms with E-state index in [9.17, 15) is 14.9 Å². The van der Waals surface area contributed by atoms with Crippen LogP contribution in [-0.2, 0) is 0 Å². The molecule has 2 amide bonds. The van der Waals surface area contributed by atoms with E-state index in [1.54, 1.807) is 0 Å². The molecule has 0 spiro atoms. The van der Waals surface area contributed by atoms with Crippen molar-refractivity contribution in [3.63, 3.8) is 0 Å². The summed E-state index contributed by atoms with van der Waals surface area (Å²) < 4.78 is 4.99. The van der Waals surface area contributed by atoms with Crippen LogP contribution in [0.2, 0.25) is 0 Å². The number of benzene rings is 1. The number of alkyl halides is 1. The molecule has 1 aromatic carbocycles. The fourth-order valence-electron chi connectivity index (χ4n) is 1.23. The summed E-state index contributed by atoms with van der Waals surface area (Å²) in [5.74, 6) is 0.612. The molecule has 8 heteroatoms. The van der Waals surface area contributed by atoms with Gasteiger partial charge in [0, 0.05) is 24.6 Å². The Labute approximate surface area is 108 Å². The lowest BCUT2D eigenvalue weighted by Gasteiger charge is -2.10. The van der Waals surface area contributed by atoms with Crippen LogP contribution in [0, 0.1) is 10.1 Å². The van der Waals surface area contributed by atoms with E-state index in [4.69, 9.17) is 16.3 Å². The third-order valence-electron chi connectivity index (χ3n) is 2.02. The number of amides is 2. The minimum absolute atomic E-state index is 0.136. The van der Waals surface area contributed by atoms with Crippen molar-refractivity contribution in [1.82, 2.24) is 5.32 Å². The number of nitro benzene ring substituents is 1. The Morgan fingerprint density at radius 1 is 1.56 bits per heavy atom. The standard InChI is InChI=1S/C10H12ClN3O4/c1-18-9-3-2-7(14(16)17)6-8(9)13-10(15)12-5-4-11/h2-3,6H,4-5H2,1H3,(H2,12,13,15). The molecule has 1 rings (SSSR count). The summed E-state index contributed by atoms with van der Waals surface area (Å²) in [4.78, 5) is 21.5. The van der Waals surface area contributed by atoms with Gasteiger partial charge in [0.2, 0.25) is 0 Å². The molecule has 0 unspecified atom stereocenters. The number of nitrogens with zero attached hydrogens (tertiary/aromatic N) is 1. The molecule has 0 aliphatic carbocycles. The van der Waals surface area contributed by atoms with Crippen LogP contribution in [0.3, 0.4) is 0 Å². The minimum Gasteiger partial charge on any atom is -0.495 e. The lowest BCUT2D eigenvalue weighted by atomic mass is 10.2. The van der Waals surface area contributed by atoms with Crippen LogP contribution in [0.4, 0.5) is 16.2 Å². The zero-order valence-corrected chi connectivity index (χ0v) is 10.4.